The lowest BCUT2D eigenvalue weighted by molar-refractivity contribution is -0.133. The maximum absolute atomic E-state index is 11.7. The third-order valence-electron chi connectivity index (χ3n) is 2.41. The minimum Gasteiger partial charge on any atom is -0.481 e. The van der Waals surface area contributed by atoms with Gasteiger partial charge < -0.3 is 10.4 Å². The van der Waals surface area contributed by atoms with Gasteiger partial charge in [-0.3, -0.25) is 14.6 Å². The van der Waals surface area contributed by atoms with Crippen molar-refractivity contribution in [2.24, 2.45) is 0 Å². The first-order valence-corrected chi connectivity index (χ1v) is 6.74. The normalized spacial score (nSPS) is 10.3. The van der Waals surface area contributed by atoms with Gasteiger partial charge >= 0.3 is 5.97 Å². The van der Waals surface area contributed by atoms with Crippen LogP contribution in [-0.4, -0.2) is 33.5 Å². The number of carbonyl (C=O) groups is 2. The van der Waals surface area contributed by atoms with Crippen LogP contribution in [0.5, 0.6) is 0 Å². The molecule has 0 atom stereocenters. The first-order valence-electron chi connectivity index (χ1n) is 5.59. The molecule has 19 heavy (non-hydrogen) atoms. The Hall–Kier alpha value is -2.08. The first kappa shape index (κ1) is 13.4. The Bertz CT molecular complexity index is 610. The number of aromatic nitrogens is 1. The van der Waals surface area contributed by atoms with Gasteiger partial charge in [-0.2, -0.15) is 0 Å². The van der Waals surface area contributed by atoms with E-state index in [9.17, 15) is 9.59 Å². The fraction of sp³-hybridized carbons (Fsp3) is 0.154. The molecule has 6 heteroatoms. The van der Waals surface area contributed by atoms with Crippen LogP contribution in [0.3, 0.4) is 0 Å². The zero-order chi connectivity index (χ0) is 13.7. The Morgan fingerprint density at radius 2 is 2.11 bits per heavy atom. The third kappa shape index (κ3) is 3.69. The van der Waals surface area contributed by atoms with E-state index in [-0.39, 0.29) is 17.4 Å². The van der Waals surface area contributed by atoms with Crippen LogP contribution in [0.15, 0.2) is 36.7 Å². The van der Waals surface area contributed by atoms with Crippen molar-refractivity contribution >= 4 is 40.1 Å². The van der Waals surface area contributed by atoms with Gasteiger partial charge in [0.15, 0.2) is 0 Å². The molecule has 1 heterocycles. The summed E-state index contributed by atoms with van der Waals surface area (Å²) in [5, 5.41) is 13.1. The summed E-state index contributed by atoms with van der Waals surface area (Å²) >= 11 is 1.07. The SMILES string of the molecule is O=C(O)CSCC(=O)Nc1cccc2cnccc12. The molecule has 0 aliphatic heterocycles. The summed E-state index contributed by atoms with van der Waals surface area (Å²) in [4.78, 5) is 26.1. The molecule has 2 aromatic rings. The van der Waals surface area contributed by atoms with Crippen molar-refractivity contribution in [2.75, 3.05) is 16.8 Å². The second-order valence-corrected chi connectivity index (χ2v) is 4.82. The monoisotopic (exact) mass is 276 g/mol. The van der Waals surface area contributed by atoms with E-state index >= 15 is 0 Å². The van der Waals surface area contributed by atoms with Crippen LogP contribution in [-0.2, 0) is 9.59 Å². The Morgan fingerprint density at radius 1 is 1.26 bits per heavy atom. The van der Waals surface area contributed by atoms with Gasteiger partial charge in [0.05, 0.1) is 11.5 Å². The number of benzene rings is 1. The van der Waals surface area contributed by atoms with Gasteiger partial charge in [0.25, 0.3) is 0 Å². The number of nitrogens with one attached hydrogen (secondary N) is 1. The standard InChI is InChI=1S/C13H12N2O3S/c16-12(7-19-8-13(17)18)15-11-3-1-2-9-6-14-5-4-10(9)11/h1-6H,7-8H2,(H,15,16)(H,17,18). The van der Waals surface area contributed by atoms with Crippen LogP contribution in [0.4, 0.5) is 5.69 Å². The highest BCUT2D eigenvalue weighted by Crippen LogP contribution is 2.22. The predicted octanol–water partition coefficient (Wildman–Crippen LogP) is 1.99. The zero-order valence-corrected chi connectivity index (χ0v) is 10.8. The highest BCUT2D eigenvalue weighted by atomic mass is 32.2. The summed E-state index contributed by atoms with van der Waals surface area (Å²) in [7, 11) is 0. The molecule has 5 nitrogen and oxygen atoms in total. The van der Waals surface area contributed by atoms with Crippen LogP contribution >= 0.6 is 11.8 Å². The van der Waals surface area contributed by atoms with Crippen molar-refractivity contribution < 1.29 is 14.7 Å². The molecule has 98 valence electrons. The first-order chi connectivity index (χ1) is 9.16. The number of anilines is 1. The molecule has 0 fully saturated rings. The number of nitrogens with zero attached hydrogens (tertiary/aromatic N) is 1. The number of pyridine rings is 1. The van der Waals surface area contributed by atoms with E-state index in [0.717, 1.165) is 22.5 Å². The lowest BCUT2D eigenvalue weighted by atomic mass is 10.1. The zero-order valence-electron chi connectivity index (χ0n) is 10.00. The van der Waals surface area contributed by atoms with E-state index in [2.05, 4.69) is 10.3 Å². The molecule has 0 bridgehead atoms. The average Bonchev–Trinajstić information content (AvgIpc) is 2.39. The van der Waals surface area contributed by atoms with Crippen LogP contribution in [0.25, 0.3) is 10.8 Å². The van der Waals surface area contributed by atoms with E-state index in [1.807, 2.05) is 24.3 Å². The van der Waals surface area contributed by atoms with Gasteiger partial charge in [-0.15, -0.1) is 11.8 Å². The lowest BCUT2D eigenvalue weighted by Crippen LogP contribution is -2.15. The number of rotatable bonds is 5. The van der Waals surface area contributed by atoms with Crippen LogP contribution in [0.2, 0.25) is 0 Å². The number of hydrogen-bond donors (Lipinski definition) is 2. The number of carboxylic acids is 1. The van der Waals surface area contributed by atoms with Crippen molar-refractivity contribution in [1.29, 1.82) is 0 Å². The smallest absolute Gasteiger partial charge is 0.313 e. The fourth-order valence-corrected chi connectivity index (χ4v) is 2.18. The highest BCUT2D eigenvalue weighted by Gasteiger charge is 2.07. The van der Waals surface area contributed by atoms with Gasteiger partial charge in [0.1, 0.15) is 0 Å². The largest absolute Gasteiger partial charge is 0.481 e. The summed E-state index contributed by atoms with van der Waals surface area (Å²) in [5.74, 6) is -1.09. The maximum Gasteiger partial charge on any atom is 0.313 e. The number of carbonyl (C=O) groups excluding carboxylic acids is 1. The molecular formula is C13H12N2O3S. The van der Waals surface area contributed by atoms with Crippen molar-refractivity contribution in [1.82, 2.24) is 4.98 Å². The van der Waals surface area contributed by atoms with Crippen molar-refractivity contribution in [3.05, 3.63) is 36.7 Å². The van der Waals surface area contributed by atoms with E-state index in [4.69, 9.17) is 5.11 Å². The van der Waals surface area contributed by atoms with Gasteiger partial charge in [0, 0.05) is 28.9 Å². The van der Waals surface area contributed by atoms with Crippen LogP contribution in [0.1, 0.15) is 0 Å². The summed E-state index contributed by atoms with van der Waals surface area (Å²) < 4.78 is 0. The molecule has 1 aromatic heterocycles. The minimum absolute atomic E-state index is 0.0765. The van der Waals surface area contributed by atoms with Gasteiger partial charge in [-0.05, 0) is 12.1 Å². The van der Waals surface area contributed by atoms with Crippen molar-refractivity contribution in [2.45, 2.75) is 0 Å². The van der Waals surface area contributed by atoms with E-state index < -0.39 is 5.97 Å². The molecule has 2 N–H and O–H groups in total. The Labute approximate surface area is 114 Å². The van der Waals surface area contributed by atoms with E-state index in [1.54, 1.807) is 12.4 Å². The molecule has 1 amide bonds. The summed E-state index contributed by atoms with van der Waals surface area (Å²) in [6.07, 6.45) is 3.39. The number of hydrogen-bond acceptors (Lipinski definition) is 4. The Morgan fingerprint density at radius 3 is 2.89 bits per heavy atom. The Balaban J connectivity index is 2.05. The molecule has 0 saturated carbocycles. The lowest BCUT2D eigenvalue weighted by Gasteiger charge is -2.07. The number of fused-ring (bicyclic) bond motifs is 1. The van der Waals surface area contributed by atoms with Gasteiger partial charge in [-0.25, -0.2) is 0 Å². The number of thioether (sulfide) groups is 1. The number of amides is 1. The Kier molecular flexibility index (Phi) is 4.35. The van der Waals surface area contributed by atoms with Crippen molar-refractivity contribution in [3.8, 4) is 0 Å². The second-order valence-electron chi connectivity index (χ2n) is 3.84. The minimum atomic E-state index is -0.922. The van der Waals surface area contributed by atoms with E-state index in [0.29, 0.717) is 5.69 Å². The topological polar surface area (TPSA) is 79.3 Å². The third-order valence-corrected chi connectivity index (χ3v) is 3.33. The molecule has 0 radical (unpaired) electrons. The fourth-order valence-electron chi connectivity index (χ4n) is 1.65. The molecule has 0 spiro atoms. The second kappa shape index (κ2) is 6.19. The molecule has 0 aliphatic rings. The molecule has 2 rings (SSSR count). The summed E-state index contributed by atoms with van der Waals surface area (Å²) in [6.45, 7) is 0. The molecule has 0 saturated heterocycles. The predicted molar refractivity (Wildman–Crippen MR) is 75.3 cm³/mol. The van der Waals surface area contributed by atoms with Crippen LogP contribution < -0.4 is 5.32 Å². The van der Waals surface area contributed by atoms with Gasteiger partial charge in [-0.1, -0.05) is 12.1 Å². The van der Waals surface area contributed by atoms with Crippen molar-refractivity contribution in [3.63, 3.8) is 0 Å². The quantitative estimate of drug-likeness (QED) is 0.873. The molecule has 0 aliphatic carbocycles. The maximum atomic E-state index is 11.7. The number of aliphatic carboxylic acids is 1. The number of carboxylic acid groups (broad SMARTS) is 1. The molecule has 1 aromatic carbocycles. The average molecular weight is 276 g/mol. The summed E-state index contributed by atoms with van der Waals surface area (Å²) in [6, 6.07) is 7.39. The van der Waals surface area contributed by atoms with Crippen LogP contribution in [0, 0.1) is 0 Å². The molecule has 0 unspecified atom stereocenters. The highest BCUT2D eigenvalue weighted by molar-refractivity contribution is 8.00. The molecular weight excluding hydrogens is 264 g/mol. The summed E-state index contributed by atoms with van der Waals surface area (Å²) in [5.41, 5.74) is 0.709. The van der Waals surface area contributed by atoms with Gasteiger partial charge in [0.2, 0.25) is 5.91 Å². The van der Waals surface area contributed by atoms with E-state index in [1.165, 1.54) is 0 Å².